The average Bonchev–Trinajstić information content (AvgIpc) is 2.99. The molecule has 2 heteroatoms. The third-order valence-corrected chi connectivity index (χ3v) is 6.37. The van der Waals surface area contributed by atoms with Gasteiger partial charge in [-0.15, -0.1) is 0 Å². The molecule has 2 aromatic carbocycles. The molecule has 3 rings (SSSR count). The zero-order chi connectivity index (χ0) is 14.7. The van der Waals surface area contributed by atoms with Crippen LogP contribution in [0.5, 0.6) is 0 Å². The first kappa shape index (κ1) is 14.3. The molecule has 1 nitrogen and oxygen atoms in total. The van der Waals surface area contributed by atoms with Crippen molar-refractivity contribution in [3.05, 3.63) is 84.2 Å². The Balaban J connectivity index is 2.06. The van der Waals surface area contributed by atoms with Gasteiger partial charge in [-0.2, -0.15) is 0 Å². The summed E-state index contributed by atoms with van der Waals surface area (Å²) in [5.41, 5.74) is 6.20. The van der Waals surface area contributed by atoms with Gasteiger partial charge in [0, 0.05) is 12.0 Å². The van der Waals surface area contributed by atoms with E-state index in [9.17, 15) is 0 Å². The quantitative estimate of drug-likeness (QED) is 0.857. The van der Waals surface area contributed by atoms with Crippen LogP contribution in [0.2, 0.25) is 0 Å². The lowest BCUT2D eigenvalue weighted by molar-refractivity contribution is 0.632. The number of nitrogens with two attached hydrogens (primary N) is 1. The largest absolute Gasteiger partial charge is 0.327 e. The molecule has 106 valence electrons. The predicted molar refractivity (Wildman–Crippen MR) is 93.4 cm³/mol. The highest BCUT2D eigenvalue weighted by molar-refractivity contribution is 7.76. The highest BCUT2D eigenvalue weighted by Crippen LogP contribution is 2.49. The Morgan fingerprint density at radius 1 is 0.905 bits per heavy atom. The van der Waals surface area contributed by atoms with Gasteiger partial charge in [0.1, 0.15) is 0 Å². The second kappa shape index (κ2) is 6.39. The SMILES string of the molecule is C[C@@H](N)[C@@H]1C=CC=C1P(c1ccccc1)c1ccccc1. The van der Waals surface area contributed by atoms with E-state index in [1.807, 2.05) is 0 Å². The third-order valence-electron chi connectivity index (χ3n) is 3.78. The molecule has 1 aliphatic rings. The molecule has 1 aliphatic carbocycles. The normalized spacial score (nSPS) is 18.8. The molecule has 0 saturated heterocycles. The average molecular weight is 293 g/mol. The number of hydrogen-bond donors (Lipinski definition) is 1. The Morgan fingerprint density at radius 2 is 1.43 bits per heavy atom. The first-order chi connectivity index (χ1) is 10.3. The summed E-state index contributed by atoms with van der Waals surface area (Å²) in [5.74, 6) is 0.344. The molecule has 0 aliphatic heterocycles. The van der Waals surface area contributed by atoms with Gasteiger partial charge in [0.05, 0.1) is 0 Å². The Hall–Kier alpha value is -1.69. The molecule has 0 heterocycles. The van der Waals surface area contributed by atoms with Crippen LogP contribution in [0.3, 0.4) is 0 Å². The fourth-order valence-corrected chi connectivity index (χ4v) is 5.44. The van der Waals surface area contributed by atoms with E-state index in [4.69, 9.17) is 5.73 Å². The monoisotopic (exact) mass is 293 g/mol. The molecule has 21 heavy (non-hydrogen) atoms. The first-order valence-electron chi connectivity index (χ1n) is 7.31. The minimum atomic E-state index is -0.505. The van der Waals surface area contributed by atoms with E-state index in [0.717, 1.165) is 0 Å². The lowest BCUT2D eigenvalue weighted by Gasteiger charge is -2.27. The van der Waals surface area contributed by atoms with Crippen molar-refractivity contribution in [1.82, 2.24) is 0 Å². The van der Waals surface area contributed by atoms with Crippen molar-refractivity contribution in [2.75, 3.05) is 0 Å². The van der Waals surface area contributed by atoms with E-state index in [1.54, 1.807) is 0 Å². The predicted octanol–water partition coefficient (Wildman–Crippen LogP) is 3.54. The van der Waals surface area contributed by atoms with Crippen molar-refractivity contribution in [2.24, 2.45) is 11.7 Å². The van der Waals surface area contributed by atoms with Crippen molar-refractivity contribution in [2.45, 2.75) is 13.0 Å². The highest BCUT2D eigenvalue weighted by Gasteiger charge is 2.27. The van der Waals surface area contributed by atoms with Crippen LogP contribution in [0.4, 0.5) is 0 Å². The molecule has 2 aromatic rings. The molecule has 2 N–H and O–H groups in total. The standard InChI is InChI=1S/C19H20NP/c1-15(20)18-13-8-14-19(18)21(16-9-4-2-5-10-16)17-11-6-3-7-12-17/h2-15,18H,20H2,1H3/t15-,18+/m1/s1. The number of hydrogen-bond acceptors (Lipinski definition) is 1. The van der Waals surface area contributed by atoms with Gasteiger partial charge >= 0.3 is 0 Å². The summed E-state index contributed by atoms with van der Waals surface area (Å²) in [6.07, 6.45) is 6.66. The van der Waals surface area contributed by atoms with Crippen molar-refractivity contribution in [1.29, 1.82) is 0 Å². The van der Waals surface area contributed by atoms with Crippen LogP contribution >= 0.6 is 7.92 Å². The molecular weight excluding hydrogens is 273 g/mol. The molecule has 0 amide bonds. The summed E-state index contributed by atoms with van der Waals surface area (Å²) in [6, 6.07) is 21.7. The topological polar surface area (TPSA) is 26.0 Å². The summed E-state index contributed by atoms with van der Waals surface area (Å²) in [6.45, 7) is 2.09. The lowest BCUT2D eigenvalue weighted by atomic mass is 10.0. The fourth-order valence-electron chi connectivity index (χ4n) is 2.75. The molecule has 0 radical (unpaired) electrons. The lowest BCUT2D eigenvalue weighted by Crippen LogP contribution is -2.27. The Bertz CT molecular complexity index is 604. The van der Waals surface area contributed by atoms with E-state index in [-0.39, 0.29) is 6.04 Å². The van der Waals surface area contributed by atoms with Crippen molar-refractivity contribution < 1.29 is 0 Å². The molecule has 0 spiro atoms. The molecule has 0 aromatic heterocycles. The van der Waals surface area contributed by atoms with Gasteiger partial charge in [0.25, 0.3) is 0 Å². The maximum Gasteiger partial charge on any atom is 0.0181 e. The minimum Gasteiger partial charge on any atom is -0.327 e. The Kier molecular flexibility index (Phi) is 4.34. The van der Waals surface area contributed by atoms with Gasteiger partial charge in [-0.3, -0.25) is 0 Å². The fraction of sp³-hybridized carbons (Fsp3) is 0.158. The van der Waals surface area contributed by atoms with Crippen molar-refractivity contribution in [3.63, 3.8) is 0 Å². The van der Waals surface area contributed by atoms with E-state index >= 15 is 0 Å². The molecule has 0 bridgehead atoms. The second-order valence-corrected chi connectivity index (χ2v) is 7.59. The van der Waals surface area contributed by atoms with Crippen LogP contribution in [0.15, 0.2) is 84.2 Å². The van der Waals surface area contributed by atoms with E-state index in [0.29, 0.717) is 5.92 Å². The maximum atomic E-state index is 6.20. The third kappa shape index (κ3) is 3.00. The number of allylic oxidation sites excluding steroid dienone is 2. The summed E-state index contributed by atoms with van der Waals surface area (Å²) in [7, 11) is -0.505. The van der Waals surface area contributed by atoms with Gasteiger partial charge < -0.3 is 5.73 Å². The van der Waals surface area contributed by atoms with Gasteiger partial charge in [-0.1, -0.05) is 78.9 Å². The summed E-state index contributed by atoms with van der Waals surface area (Å²) >= 11 is 0. The van der Waals surface area contributed by atoms with Gasteiger partial charge in [-0.25, -0.2) is 0 Å². The minimum absolute atomic E-state index is 0.146. The van der Waals surface area contributed by atoms with Gasteiger partial charge in [-0.05, 0) is 30.8 Å². The highest BCUT2D eigenvalue weighted by atomic mass is 31.1. The molecule has 0 saturated carbocycles. The number of rotatable bonds is 4. The van der Waals surface area contributed by atoms with Crippen LogP contribution < -0.4 is 16.3 Å². The van der Waals surface area contributed by atoms with Crippen LogP contribution in [0, 0.1) is 5.92 Å². The van der Waals surface area contributed by atoms with Gasteiger partial charge in [0.2, 0.25) is 0 Å². The Labute approximate surface area is 127 Å². The van der Waals surface area contributed by atoms with Crippen LogP contribution in [-0.4, -0.2) is 6.04 Å². The van der Waals surface area contributed by atoms with E-state index < -0.39 is 7.92 Å². The van der Waals surface area contributed by atoms with Crippen LogP contribution in [0.1, 0.15) is 6.92 Å². The summed E-state index contributed by atoms with van der Waals surface area (Å²) in [4.78, 5) is 0. The molecule has 0 unspecified atom stereocenters. The zero-order valence-electron chi connectivity index (χ0n) is 12.2. The molecular formula is C19H20NP. The van der Waals surface area contributed by atoms with E-state index in [1.165, 1.54) is 15.9 Å². The Morgan fingerprint density at radius 3 is 1.90 bits per heavy atom. The smallest absolute Gasteiger partial charge is 0.0181 e. The maximum absolute atomic E-state index is 6.20. The van der Waals surface area contributed by atoms with Gasteiger partial charge in [0.15, 0.2) is 0 Å². The van der Waals surface area contributed by atoms with Crippen molar-refractivity contribution >= 4 is 18.5 Å². The molecule has 0 fully saturated rings. The summed E-state index contributed by atoms with van der Waals surface area (Å²) in [5, 5.41) is 4.23. The summed E-state index contributed by atoms with van der Waals surface area (Å²) < 4.78 is 0. The van der Waals surface area contributed by atoms with Crippen LogP contribution in [-0.2, 0) is 0 Å². The molecule has 2 atom stereocenters. The van der Waals surface area contributed by atoms with Crippen LogP contribution in [0.25, 0.3) is 0 Å². The number of benzene rings is 2. The second-order valence-electron chi connectivity index (χ2n) is 5.37. The first-order valence-corrected chi connectivity index (χ1v) is 8.66. The van der Waals surface area contributed by atoms with E-state index in [2.05, 4.69) is 85.8 Å². The van der Waals surface area contributed by atoms with Crippen molar-refractivity contribution in [3.8, 4) is 0 Å². The zero-order valence-corrected chi connectivity index (χ0v) is 13.1.